The number of rotatable bonds is 5. The molecule has 0 aliphatic rings. The zero-order valence-corrected chi connectivity index (χ0v) is 12.0. The van der Waals surface area contributed by atoms with Gasteiger partial charge in [0, 0.05) is 18.0 Å². The summed E-state index contributed by atoms with van der Waals surface area (Å²) in [4.78, 5) is 1.19. The molecular weight excluding hydrogens is 317 g/mol. The lowest BCUT2D eigenvalue weighted by atomic mass is 10.1. The van der Waals surface area contributed by atoms with Crippen molar-refractivity contribution in [2.45, 2.75) is 12.6 Å². The average molecular weight is 330 g/mol. The van der Waals surface area contributed by atoms with Crippen molar-refractivity contribution in [3.8, 4) is 0 Å². The van der Waals surface area contributed by atoms with Gasteiger partial charge in [0.1, 0.15) is 5.82 Å². The first-order chi connectivity index (χ1) is 8.65. The molecule has 1 atom stereocenters. The number of thiophene rings is 1. The summed E-state index contributed by atoms with van der Waals surface area (Å²) in [6.45, 7) is 1.10. The Morgan fingerprint density at radius 3 is 2.83 bits per heavy atom. The third kappa shape index (κ3) is 3.88. The third-order valence-corrected chi connectivity index (χ3v) is 4.12. The Hall–Kier alpha value is -0.750. The van der Waals surface area contributed by atoms with Crippen LogP contribution < -0.4 is 5.32 Å². The Kier molecular flexibility index (Phi) is 4.88. The molecule has 2 aromatic rings. The first kappa shape index (κ1) is 13.7. The molecule has 96 valence electrons. The number of nitrogens with one attached hydrogen (secondary N) is 1. The first-order valence-electron chi connectivity index (χ1n) is 5.53. The number of benzene rings is 1. The van der Waals surface area contributed by atoms with Crippen molar-refractivity contribution >= 4 is 27.3 Å². The molecule has 0 bridgehead atoms. The second kappa shape index (κ2) is 6.43. The standard InChI is InChI=1S/C13H13BrFNOS/c14-13-5-4-11(18-13)7-16-8-12(17)9-2-1-3-10(15)6-9/h1-6,12,16-17H,7-8H2. The zero-order valence-electron chi connectivity index (χ0n) is 9.57. The molecule has 2 N–H and O–H groups in total. The van der Waals surface area contributed by atoms with Crippen molar-refractivity contribution in [2.24, 2.45) is 0 Å². The maximum absolute atomic E-state index is 13.0. The lowest BCUT2D eigenvalue weighted by Crippen LogP contribution is -2.20. The van der Waals surface area contributed by atoms with Gasteiger partial charge in [-0.25, -0.2) is 4.39 Å². The minimum Gasteiger partial charge on any atom is -0.387 e. The van der Waals surface area contributed by atoms with Gasteiger partial charge in [-0.1, -0.05) is 12.1 Å². The minimum absolute atomic E-state index is 0.325. The van der Waals surface area contributed by atoms with E-state index >= 15 is 0 Å². The third-order valence-electron chi connectivity index (χ3n) is 2.50. The normalized spacial score (nSPS) is 12.6. The average Bonchev–Trinajstić information content (AvgIpc) is 2.75. The Balaban J connectivity index is 1.83. The SMILES string of the molecule is OC(CNCc1ccc(Br)s1)c1cccc(F)c1. The number of hydrogen-bond donors (Lipinski definition) is 2. The van der Waals surface area contributed by atoms with Gasteiger partial charge in [0.2, 0.25) is 0 Å². The van der Waals surface area contributed by atoms with Crippen LogP contribution in [0.2, 0.25) is 0 Å². The molecule has 0 spiro atoms. The van der Waals surface area contributed by atoms with Crippen molar-refractivity contribution in [1.82, 2.24) is 5.32 Å². The van der Waals surface area contributed by atoms with Gasteiger partial charge in [0.05, 0.1) is 9.89 Å². The summed E-state index contributed by atoms with van der Waals surface area (Å²) in [5, 5.41) is 13.0. The predicted octanol–water partition coefficient (Wildman–Crippen LogP) is 3.47. The monoisotopic (exact) mass is 329 g/mol. The summed E-state index contributed by atoms with van der Waals surface area (Å²) < 4.78 is 14.1. The lowest BCUT2D eigenvalue weighted by molar-refractivity contribution is 0.174. The molecule has 0 aliphatic carbocycles. The van der Waals surface area contributed by atoms with E-state index < -0.39 is 6.10 Å². The zero-order chi connectivity index (χ0) is 13.0. The molecule has 0 saturated heterocycles. The van der Waals surface area contributed by atoms with Crippen LogP contribution in [0.15, 0.2) is 40.2 Å². The molecule has 1 aromatic heterocycles. The van der Waals surface area contributed by atoms with Crippen LogP contribution in [0.4, 0.5) is 4.39 Å². The second-order valence-corrected chi connectivity index (χ2v) is 6.46. The molecule has 1 unspecified atom stereocenters. The van der Waals surface area contributed by atoms with Crippen molar-refractivity contribution in [3.63, 3.8) is 0 Å². The maximum Gasteiger partial charge on any atom is 0.123 e. The van der Waals surface area contributed by atoms with E-state index in [4.69, 9.17) is 0 Å². The van der Waals surface area contributed by atoms with Crippen molar-refractivity contribution in [2.75, 3.05) is 6.54 Å². The highest BCUT2D eigenvalue weighted by molar-refractivity contribution is 9.11. The Labute approximate surface area is 118 Å². The highest BCUT2D eigenvalue weighted by atomic mass is 79.9. The smallest absolute Gasteiger partial charge is 0.123 e. The van der Waals surface area contributed by atoms with Gasteiger partial charge in [-0.3, -0.25) is 0 Å². The van der Waals surface area contributed by atoms with E-state index in [0.717, 1.165) is 3.79 Å². The Morgan fingerprint density at radius 2 is 2.17 bits per heavy atom. The van der Waals surface area contributed by atoms with Gasteiger partial charge < -0.3 is 10.4 Å². The fourth-order valence-electron chi connectivity index (χ4n) is 1.61. The number of aliphatic hydroxyl groups is 1. The second-order valence-electron chi connectivity index (χ2n) is 3.91. The number of hydrogen-bond acceptors (Lipinski definition) is 3. The van der Waals surface area contributed by atoms with Crippen molar-refractivity contribution in [3.05, 3.63) is 56.4 Å². The molecule has 2 rings (SSSR count). The van der Waals surface area contributed by atoms with Crippen LogP contribution in [0.5, 0.6) is 0 Å². The van der Waals surface area contributed by atoms with E-state index in [1.807, 2.05) is 12.1 Å². The van der Waals surface area contributed by atoms with E-state index in [1.165, 1.54) is 17.0 Å². The largest absolute Gasteiger partial charge is 0.387 e. The van der Waals surface area contributed by atoms with E-state index in [-0.39, 0.29) is 5.82 Å². The lowest BCUT2D eigenvalue weighted by Gasteiger charge is -2.11. The van der Waals surface area contributed by atoms with Crippen molar-refractivity contribution in [1.29, 1.82) is 0 Å². The summed E-state index contributed by atoms with van der Waals surface area (Å²) in [6.07, 6.45) is -0.691. The van der Waals surface area contributed by atoms with E-state index in [1.54, 1.807) is 23.5 Å². The molecule has 0 saturated carbocycles. The molecule has 0 amide bonds. The van der Waals surface area contributed by atoms with Crippen LogP contribution in [-0.2, 0) is 6.54 Å². The molecule has 18 heavy (non-hydrogen) atoms. The fraction of sp³-hybridized carbons (Fsp3) is 0.231. The van der Waals surface area contributed by atoms with Gasteiger partial charge in [-0.05, 0) is 45.8 Å². The molecule has 1 heterocycles. The Morgan fingerprint density at radius 1 is 1.33 bits per heavy atom. The number of aliphatic hydroxyl groups excluding tert-OH is 1. The molecule has 0 fully saturated rings. The molecule has 0 radical (unpaired) electrons. The minimum atomic E-state index is -0.691. The maximum atomic E-state index is 13.0. The topological polar surface area (TPSA) is 32.3 Å². The quantitative estimate of drug-likeness (QED) is 0.880. The van der Waals surface area contributed by atoms with Crippen LogP contribution >= 0.6 is 27.3 Å². The summed E-state index contributed by atoms with van der Waals surface area (Å²) in [6, 6.07) is 10.1. The van der Waals surface area contributed by atoms with Crippen LogP contribution in [0.1, 0.15) is 16.5 Å². The molecule has 1 aromatic carbocycles. The molecule has 0 aliphatic heterocycles. The fourth-order valence-corrected chi connectivity index (χ4v) is 3.06. The highest BCUT2D eigenvalue weighted by Gasteiger charge is 2.08. The van der Waals surface area contributed by atoms with Gasteiger partial charge in [0.25, 0.3) is 0 Å². The van der Waals surface area contributed by atoms with E-state index in [2.05, 4.69) is 21.2 Å². The van der Waals surface area contributed by atoms with Crippen LogP contribution in [0, 0.1) is 5.82 Å². The van der Waals surface area contributed by atoms with Gasteiger partial charge in [-0.2, -0.15) is 0 Å². The summed E-state index contributed by atoms with van der Waals surface area (Å²) in [7, 11) is 0. The first-order valence-corrected chi connectivity index (χ1v) is 7.14. The Bertz CT molecular complexity index is 517. The number of halogens is 2. The van der Waals surface area contributed by atoms with Crippen LogP contribution in [-0.4, -0.2) is 11.7 Å². The van der Waals surface area contributed by atoms with Crippen molar-refractivity contribution < 1.29 is 9.50 Å². The van der Waals surface area contributed by atoms with Gasteiger partial charge >= 0.3 is 0 Å². The molecule has 2 nitrogen and oxygen atoms in total. The van der Waals surface area contributed by atoms with E-state index in [9.17, 15) is 9.50 Å². The van der Waals surface area contributed by atoms with E-state index in [0.29, 0.717) is 18.7 Å². The molecule has 5 heteroatoms. The summed E-state index contributed by atoms with van der Waals surface area (Å²) in [5.41, 5.74) is 0.592. The highest BCUT2D eigenvalue weighted by Crippen LogP contribution is 2.22. The van der Waals surface area contributed by atoms with Gasteiger partial charge in [0.15, 0.2) is 0 Å². The summed E-state index contributed by atoms with van der Waals surface area (Å²) in [5.74, 6) is -0.325. The van der Waals surface area contributed by atoms with Crippen LogP contribution in [0.3, 0.4) is 0 Å². The van der Waals surface area contributed by atoms with Gasteiger partial charge in [-0.15, -0.1) is 11.3 Å². The summed E-state index contributed by atoms with van der Waals surface area (Å²) >= 11 is 5.05. The van der Waals surface area contributed by atoms with Crippen LogP contribution in [0.25, 0.3) is 0 Å². The molecular formula is C13H13BrFNOS. The predicted molar refractivity (Wildman–Crippen MR) is 75.1 cm³/mol.